The van der Waals surface area contributed by atoms with Crippen molar-refractivity contribution in [2.45, 2.75) is 103 Å². The molecule has 0 aromatic carbocycles. The average molecular weight is 416 g/mol. The highest BCUT2D eigenvalue weighted by Gasteiger charge is 2.17. The van der Waals surface area contributed by atoms with Crippen LogP contribution in [0.2, 0.25) is 0 Å². The molecule has 1 fully saturated rings. The number of β-amino-alcohol motifs (C(OH)–C–C–N with tert-alkyl or cyclic N) is 1. The van der Waals surface area contributed by atoms with Gasteiger partial charge in [0.1, 0.15) is 0 Å². The zero-order valence-electron chi connectivity index (χ0n) is 18.8. The maximum Gasteiger partial charge on any atom is 0.0757 e. The van der Waals surface area contributed by atoms with Gasteiger partial charge >= 0.3 is 0 Å². The number of unbranched alkanes of at least 4 members (excludes halogenated alkanes) is 13. The molecule has 0 radical (unpaired) electrons. The number of hydrogen-bond acceptors (Lipinski definition) is 5. The zero-order valence-corrected chi connectivity index (χ0v) is 19.6. The first-order chi connectivity index (χ1) is 13.7. The molecule has 0 spiro atoms. The van der Waals surface area contributed by atoms with E-state index in [1.807, 2.05) is 16.8 Å². The lowest BCUT2D eigenvalue weighted by atomic mass is 10.0. The van der Waals surface area contributed by atoms with E-state index >= 15 is 0 Å². The second-order valence-corrected chi connectivity index (χ2v) is 9.81. The molecule has 1 rings (SSSR count). The Labute approximate surface area is 180 Å². The number of thioether (sulfide) groups is 1. The molecule has 0 aromatic rings. The Balaban J connectivity index is 1.74. The van der Waals surface area contributed by atoms with Gasteiger partial charge in [-0.25, -0.2) is 5.01 Å². The lowest BCUT2D eigenvalue weighted by Crippen LogP contribution is -2.51. The molecule has 0 aromatic heterocycles. The van der Waals surface area contributed by atoms with Crippen LogP contribution >= 0.6 is 11.8 Å². The third-order valence-electron chi connectivity index (χ3n) is 5.83. The van der Waals surface area contributed by atoms with Crippen molar-refractivity contribution >= 4 is 11.8 Å². The maximum atomic E-state index is 10.2. The van der Waals surface area contributed by atoms with Gasteiger partial charge in [-0.1, -0.05) is 90.4 Å². The fourth-order valence-electron chi connectivity index (χ4n) is 3.91. The molecule has 28 heavy (non-hydrogen) atoms. The van der Waals surface area contributed by atoms with Gasteiger partial charge < -0.3 is 5.11 Å². The number of nitrogens with zero attached hydrogens (tertiary/aromatic N) is 2. The van der Waals surface area contributed by atoms with E-state index in [0.717, 1.165) is 38.5 Å². The van der Waals surface area contributed by atoms with E-state index in [4.69, 9.17) is 5.84 Å². The molecule has 0 amide bonds. The van der Waals surface area contributed by atoms with Crippen LogP contribution in [-0.2, 0) is 0 Å². The van der Waals surface area contributed by atoms with Crippen LogP contribution in [0.1, 0.15) is 96.8 Å². The fraction of sp³-hybridized carbons (Fsp3) is 1.00. The van der Waals surface area contributed by atoms with Gasteiger partial charge in [-0.2, -0.15) is 11.8 Å². The highest BCUT2D eigenvalue weighted by Crippen LogP contribution is 2.14. The second-order valence-electron chi connectivity index (χ2n) is 8.66. The molecular weight excluding hydrogens is 366 g/mol. The van der Waals surface area contributed by atoms with Gasteiger partial charge in [-0.15, -0.1) is 0 Å². The first-order valence-electron chi connectivity index (χ1n) is 12.2. The van der Waals surface area contributed by atoms with Crippen molar-refractivity contribution in [1.29, 1.82) is 0 Å². The molecule has 5 heteroatoms. The summed E-state index contributed by atoms with van der Waals surface area (Å²) in [5.41, 5.74) is 0. The van der Waals surface area contributed by atoms with E-state index in [-0.39, 0.29) is 6.10 Å². The van der Waals surface area contributed by atoms with Gasteiger partial charge in [0.2, 0.25) is 0 Å². The average Bonchev–Trinajstić information content (AvgIpc) is 2.69. The Bertz CT molecular complexity index is 325. The van der Waals surface area contributed by atoms with Crippen LogP contribution in [0.15, 0.2) is 0 Å². The molecule has 1 aliphatic rings. The maximum absolute atomic E-state index is 10.2. The first kappa shape index (κ1) is 26.2. The molecule has 168 valence electrons. The van der Waals surface area contributed by atoms with Gasteiger partial charge in [0.05, 0.1) is 6.10 Å². The minimum Gasteiger partial charge on any atom is -0.391 e. The Morgan fingerprint density at radius 2 is 1.21 bits per heavy atom. The van der Waals surface area contributed by atoms with Crippen LogP contribution in [0.5, 0.6) is 0 Å². The number of rotatable bonds is 19. The molecule has 0 bridgehead atoms. The van der Waals surface area contributed by atoms with Gasteiger partial charge in [-0.3, -0.25) is 10.7 Å². The number of aliphatic hydroxyl groups is 1. The summed E-state index contributed by atoms with van der Waals surface area (Å²) < 4.78 is 0. The first-order valence-corrected chi connectivity index (χ1v) is 13.4. The number of nitrogens with two attached hydrogens (primary N) is 1. The molecular formula is C23H49N3OS. The SMILES string of the molecule is CCCCCCCCCCCCCCCCSCC(O)CN1CCN(N)CC1. The minimum absolute atomic E-state index is 0.194. The van der Waals surface area contributed by atoms with Crippen LogP contribution in [0.3, 0.4) is 0 Å². The fourth-order valence-corrected chi connectivity index (χ4v) is 4.87. The lowest BCUT2D eigenvalue weighted by molar-refractivity contribution is 0.0829. The van der Waals surface area contributed by atoms with E-state index in [9.17, 15) is 5.11 Å². The van der Waals surface area contributed by atoms with Crippen LogP contribution in [0.4, 0.5) is 0 Å². The van der Waals surface area contributed by atoms with Crippen LogP contribution < -0.4 is 5.84 Å². The zero-order chi connectivity index (χ0) is 20.3. The molecule has 0 aliphatic carbocycles. The van der Waals surface area contributed by atoms with Crippen molar-refractivity contribution in [2.24, 2.45) is 5.84 Å². The van der Waals surface area contributed by atoms with Crippen LogP contribution in [0, 0.1) is 0 Å². The monoisotopic (exact) mass is 415 g/mol. The lowest BCUT2D eigenvalue weighted by Gasteiger charge is -2.33. The number of hydrogen-bond donors (Lipinski definition) is 2. The highest BCUT2D eigenvalue weighted by atomic mass is 32.2. The summed E-state index contributed by atoms with van der Waals surface area (Å²) in [6.07, 6.45) is 19.6. The van der Waals surface area contributed by atoms with E-state index < -0.39 is 0 Å². The van der Waals surface area contributed by atoms with Gasteiger partial charge in [-0.05, 0) is 12.2 Å². The van der Waals surface area contributed by atoms with Crippen molar-refractivity contribution in [2.75, 3.05) is 44.2 Å². The minimum atomic E-state index is -0.194. The summed E-state index contributed by atoms with van der Waals surface area (Å²) in [5.74, 6) is 7.85. The van der Waals surface area contributed by atoms with Crippen molar-refractivity contribution < 1.29 is 5.11 Å². The van der Waals surface area contributed by atoms with E-state index in [2.05, 4.69) is 11.8 Å². The predicted molar refractivity (Wildman–Crippen MR) is 126 cm³/mol. The number of aliphatic hydroxyl groups excluding tert-OH is 1. The van der Waals surface area contributed by atoms with Crippen molar-refractivity contribution in [3.05, 3.63) is 0 Å². The van der Waals surface area contributed by atoms with Crippen LogP contribution in [0.25, 0.3) is 0 Å². The highest BCUT2D eigenvalue weighted by molar-refractivity contribution is 7.99. The van der Waals surface area contributed by atoms with E-state index in [1.54, 1.807) is 0 Å². The number of hydrazine groups is 1. The van der Waals surface area contributed by atoms with Gasteiger partial charge in [0, 0.05) is 38.5 Å². The Morgan fingerprint density at radius 3 is 1.71 bits per heavy atom. The van der Waals surface area contributed by atoms with Crippen molar-refractivity contribution in [3.63, 3.8) is 0 Å². The van der Waals surface area contributed by atoms with Crippen molar-refractivity contribution in [1.82, 2.24) is 9.91 Å². The second kappa shape index (κ2) is 19.2. The molecule has 0 saturated carbocycles. The normalized spacial score (nSPS) is 17.2. The summed E-state index contributed by atoms with van der Waals surface area (Å²) in [5, 5.41) is 12.0. The molecule has 1 heterocycles. The molecule has 3 N–H and O–H groups in total. The molecule has 1 atom stereocenters. The molecule has 1 aliphatic heterocycles. The topological polar surface area (TPSA) is 52.7 Å². The third-order valence-corrected chi connectivity index (χ3v) is 7.03. The Kier molecular flexibility index (Phi) is 18.0. The predicted octanol–water partition coefficient (Wildman–Crippen LogP) is 5.05. The molecule has 4 nitrogen and oxygen atoms in total. The van der Waals surface area contributed by atoms with Crippen LogP contribution in [-0.4, -0.2) is 65.3 Å². The Hall–Kier alpha value is 0.190. The van der Waals surface area contributed by atoms with Gasteiger partial charge in [0.15, 0.2) is 0 Å². The summed E-state index contributed by atoms with van der Waals surface area (Å²) in [7, 11) is 0. The standard InChI is InChI=1S/C23H49N3OS/c1-2-3-4-5-6-7-8-9-10-11-12-13-14-15-20-28-22-23(27)21-25-16-18-26(24)19-17-25/h23,27H,2-22,24H2,1H3. The molecule has 1 unspecified atom stereocenters. The molecule has 1 saturated heterocycles. The summed E-state index contributed by atoms with van der Waals surface area (Å²) in [6.45, 7) is 6.89. The number of piperazine rings is 1. The smallest absolute Gasteiger partial charge is 0.0757 e. The third kappa shape index (κ3) is 16.0. The van der Waals surface area contributed by atoms with E-state index in [0.29, 0.717) is 0 Å². The summed E-state index contributed by atoms with van der Waals surface area (Å²) in [4.78, 5) is 2.33. The largest absolute Gasteiger partial charge is 0.391 e. The van der Waals surface area contributed by atoms with E-state index in [1.165, 1.54) is 95.6 Å². The van der Waals surface area contributed by atoms with Crippen molar-refractivity contribution in [3.8, 4) is 0 Å². The summed E-state index contributed by atoms with van der Waals surface area (Å²) >= 11 is 1.92. The quantitative estimate of drug-likeness (QED) is 0.228. The van der Waals surface area contributed by atoms with Gasteiger partial charge in [0.25, 0.3) is 0 Å². The summed E-state index contributed by atoms with van der Waals surface area (Å²) in [6, 6.07) is 0. The Morgan fingerprint density at radius 1 is 0.750 bits per heavy atom.